The molecule has 0 unspecified atom stereocenters. The van der Waals surface area contributed by atoms with Gasteiger partial charge in [-0.15, -0.1) is 11.3 Å². The average Bonchev–Trinajstić information content (AvgIpc) is 4.32. The maximum Gasteiger partial charge on any atom is 0.246 e. The standard InChI is InChI=1S/C58H68F3N11O7S2/c1-35-53(80-34-65-35)39-7-5-36(6-8-39)27-64-56(76)48-26-43(73)32-71(48)57(77)54(58(2,3)4)66-49(74)33-68-23-21-67(22-24-68)30-37-15-18-69(19-16-37)42-11-9-38(10-12-42)40-25-44-45(29-63-55(44)62-28-40)52(75)50-46(60)13-14-47(51(50)61)72(81(78)79)70-20-17-41(59)31-70/h5-14,25,28-29,34,37,41,43,48,54,73,81H,15-24,26-27,30-33H2,1-4H3,(H,62,63)(H,64,76)(H,66,74)/t41-,43-,48+,54-/m1/s1. The number of pyridine rings is 1. The van der Waals surface area contributed by atoms with Crippen LogP contribution in [0.3, 0.4) is 0 Å². The number of alkyl halides is 1. The molecule has 23 heteroatoms. The number of H-pyrrole nitrogens is 1. The van der Waals surface area contributed by atoms with Gasteiger partial charge < -0.3 is 35.4 Å². The van der Waals surface area contributed by atoms with Crippen molar-refractivity contribution in [3.8, 4) is 21.6 Å². The fraction of sp³-hybridized carbons (Fsp3) is 0.448. The number of thiazole rings is 1. The highest BCUT2D eigenvalue weighted by Crippen LogP contribution is 2.35. The van der Waals surface area contributed by atoms with Crippen LogP contribution in [0.5, 0.6) is 0 Å². The minimum Gasteiger partial charge on any atom is -0.391 e. The SMILES string of the molecule is Cc1ncsc1-c1ccc(CNC(=O)[C@@H]2C[C@@H](O)CN2C(=O)[C@@H](NC(=O)CN2CCN(CC3CCN(c4ccc(-c5cnc6[nH]cc(C(=O)c7c(F)ccc(N(N8CC[C@@H](F)C8)[SH](=O)=O)c7F)c6c5)cc4)CC3)CC2)C(C)(C)C)cc1. The number of rotatable bonds is 17. The van der Waals surface area contributed by atoms with Crippen LogP contribution in [0.2, 0.25) is 0 Å². The number of hydrazine groups is 1. The Balaban J connectivity index is 0.684. The minimum absolute atomic E-state index is 0.00170. The van der Waals surface area contributed by atoms with Crippen molar-refractivity contribution in [2.24, 2.45) is 11.3 Å². The van der Waals surface area contributed by atoms with Crippen molar-refractivity contribution < 1.29 is 45.9 Å². The molecular weight excluding hydrogens is 1080 g/mol. The number of anilines is 2. The van der Waals surface area contributed by atoms with Crippen LogP contribution in [-0.2, 0) is 31.8 Å². The smallest absolute Gasteiger partial charge is 0.246 e. The van der Waals surface area contributed by atoms with E-state index in [0.717, 1.165) is 95.7 Å². The summed E-state index contributed by atoms with van der Waals surface area (Å²) in [6.45, 7) is 13.4. The number of amides is 3. The summed E-state index contributed by atoms with van der Waals surface area (Å²) in [7, 11) is -3.49. The predicted molar refractivity (Wildman–Crippen MR) is 305 cm³/mol. The molecule has 0 saturated carbocycles. The molecule has 0 aliphatic carbocycles. The zero-order valence-electron chi connectivity index (χ0n) is 45.7. The number of ketones is 1. The van der Waals surface area contributed by atoms with Crippen molar-refractivity contribution >= 4 is 68.1 Å². The third kappa shape index (κ3) is 12.8. The van der Waals surface area contributed by atoms with Crippen LogP contribution in [-0.4, -0.2) is 168 Å². The van der Waals surface area contributed by atoms with E-state index in [4.69, 9.17) is 0 Å². The molecule has 81 heavy (non-hydrogen) atoms. The van der Waals surface area contributed by atoms with E-state index in [2.05, 4.69) is 40.3 Å². The summed E-state index contributed by atoms with van der Waals surface area (Å²) in [5.74, 6) is -4.09. The quantitative estimate of drug-likeness (QED) is 0.0517. The number of piperazine rings is 1. The number of aromatic amines is 1. The Morgan fingerprint density at radius 3 is 2.23 bits per heavy atom. The van der Waals surface area contributed by atoms with Crippen molar-refractivity contribution in [3.05, 3.63) is 119 Å². The lowest BCUT2D eigenvalue weighted by Crippen LogP contribution is -2.59. The number of aryl methyl sites for hydroxylation is 1. The lowest BCUT2D eigenvalue weighted by Gasteiger charge is -2.39. The highest BCUT2D eigenvalue weighted by Gasteiger charge is 2.45. The Labute approximate surface area is 474 Å². The average molecular weight is 1150 g/mol. The number of aliphatic hydroxyl groups excluding tert-OH is 1. The summed E-state index contributed by atoms with van der Waals surface area (Å²) < 4.78 is 70.5. The number of aromatic nitrogens is 3. The van der Waals surface area contributed by atoms with E-state index >= 15 is 8.78 Å². The molecule has 3 aromatic heterocycles. The lowest BCUT2D eigenvalue weighted by molar-refractivity contribution is -0.144. The zero-order chi connectivity index (χ0) is 57.3. The van der Waals surface area contributed by atoms with E-state index in [1.165, 1.54) is 11.1 Å². The number of β-amino-alcohol motifs (C(OH)–C–C–N with tert-alkyl or cyclic N) is 1. The van der Waals surface area contributed by atoms with E-state index in [-0.39, 0.29) is 62.9 Å². The van der Waals surface area contributed by atoms with Gasteiger partial charge in [0.1, 0.15) is 35.4 Å². The van der Waals surface area contributed by atoms with Crippen LogP contribution in [0.15, 0.2) is 84.6 Å². The van der Waals surface area contributed by atoms with Crippen LogP contribution in [0.1, 0.15) is 73.6 Å². The van der Waals surface area contributed by atoms with E-state index in [1.54, 1.807) is 23.6 Å². The third-order valence-electron chi connectivity index (χ3n) is 16.1. The molecule has 7 heterocycles. The first-order valence-corrected chi connectivity index (χ1v) is 29.5. The van der Waals surface area contributed by atoms with Crippen LogP contribution in [0, 0.1) is 29.9 Å². The number of thiol groups is 1. The van der Waals surface area contributed by atoms with Gasteiger partial charge in [0.2, 0.25) is 34.4 Å². The molecular formula is C58H68F3N11O7S2. The molecule has 3 aromatic carbocycles. The fourth-order valence-corrected chi connectivity index (χ4v) is 13.0. The van der Waals surface area contributed by atoms with E-state index in [1.807, 2.05) is 81.7 Å². The van der Waals surface area contributed by atoms with Crippen LogP contribution in [0.4, 0.5) is 24.5 Å². The number of benzene rings is 3. The van der Waals surface area contributed by atoms with Gasteiger partial charge in [-0.25, -0.2) is 36.6 Å². The molecule has 4 aliphatic heterocycles. The highest BCUT2D eigenvalue weighted by molar-refractivity contribution is 7.73. The Bertz CT molecular complexity index is 3350. The summed E-state index contributed by atoms with van der Waals surface area (Å²) >= 11 is 1.57. The summed E-state index contributed by atoms with van der Waals surface area (Å²) in [6.07, 6.45) is 2.92. The predicted octanol–water partition coefficient (Wildman–Crippen LogP) is 6.11. The number of aliphatic hydroxyl groups is 1. The Morgan fingerprint density at radius 1 is 0.877 bits per heavy atom. The number of carbonyl (C=O) groups excluding carboxylic acids is 4. The molecule has 3 amide bonds. The van der Waals surface area contributed by atoms with Crippen molar-refractivity contribution in [2.75, 3.05) is 81.3 Å². The Morgan fingerprint density at radius 2 is 1.58 bits per heavy atom. The largest absolute Gasteiger partial charge is 0.391 e. The molecule has 0 radical (unpaired) electrons. The number of piperidine rings is 1. The second-order valence-corrected chi connectivity index (χ2v) is 24.4. The maximum atomic E-state index is 16.1. The van der Waals surface area contributed by atoms with Crippen LogP contribution >= 0.6 is 11.3 Å². The van der Waals surface area contributed by atoms with Crippen LogP contribution < -0.4 is 19.9 Å². The maximum absolute atomic E-state index is 16.1. The van der Waals surface area contributed by atoms with Gasteiger partial charge in [-0.2, -0.15) is 4.41 Å². The topological polar surface area (TPSA) is 208 Å². The first-order chi connectivity index (χ1) is 38.8. The highest BCUT2D eigenvalue weighted by atomic mass is 32.2. The summed E-state index contributed by atoms with van der Waals surface area (Å²) in [4.78, 5) is 76.5. The van der Waals surface area contributed by atoms with Gasteiger partial charge in [0.05, 0.1) is 40.8 Å². The van der Waals surface area contributed by atoms with E-state index in [0.29, 0.717) is 40.0 Å². The van der Waals surface area contributed by atoms with Gasteiger partial charge in [-0.05, 0) is 84.5 Å². The van der Waals surface area contributed by atoms with Gasteiger partial charge >= 0.3 is 0 Å². The summed E-state index contributed by atoms with van der Waals surface area (Å²) in [5, 5.41) is 18.1. The molecule has 0 spiro atoms. The van der Waals surface area contributed by atoms with Crippen LogP contribution in [0.25, 0.3) is 32.6 Å². The first kappa shape index (κ1) is 57.5. The number of carbonyl (C=O) groups is 4. The number of nitrogens with one attached hydrogen (secondary N) is 3. The molecule has 10 rings (SSSR count). The van der Waals surface area contributed by atoms with Crippen molar-refractivity contribution in [3.63, 3.8) is 0 Å². The molecule has 4 aliphatic rings. The zero-order valence-corrected chi connectivity index (χ0v) is 47.5. The number of fused-ring (bicyclic) bond motifs is 1. The van der Waals surface area contributed by atoms with Gasteiger partial charge in [-0.1, -0.05) is 57.2 Å². The molecule has 4 fully saturated rings. The van der Waals surface area contributed by atoms with Gasteiger partial charge in [0.25, 0.3) is 0 Å². The molecule has 4 atom stereocenters. The number of nitrogens with zero attached hydrogens (tertiary/aromatic N) is 8. The normalized spacial score (nSPS) is 20.1. The lowest BCUT2D eigenvalue weighted by atomic mass is 9.85. The first-order valence-electron chi connectivity index (χ1n) is 27.5. The number of likely N-dealkylation sites (tertiary alicyclic amines) is 1. The second-order valence-electron chi connectivity index (χ2n) is 22.7. The Hall–Kier alpha value is -6.76. The number of hydrogen-bond donors (Lipinski definition) is 5. The van der Waals surface area contributed by atoms with Gasteiger partial charge in [0.15, 0.2) is 5.82 Å². The second kappa shape index (κ2) is 24.4. The third-order valence-corrected chi connectivity index (χ3v) is 17.8. The molecule has 0 bridgehead atoms. The molecule has 6 aromatic rings. The van der Waals surface area contributed by atoms with Gasteiger partial charge in [-0.3, -0.25) is 24.1 Å². The fourth-order valence-electron chi connectivity index (χ4n) is 11.5. The summed E-state index contributed by atoms with van der Waals surface area (Å²) in [6, 6.07) is 17.6. The molecule has 18 nitrogen and oxygen atoms in total. The van der Waals surface area contributed by atoms with E-state index in [9.17, 15) is 37.1 Å². The number of halogens is 3. The van der Waals surface area contributed by atoms with Crippen molar-refractivity contribution in [1.29, 1.82) is 0 Å². The monoisotopic (exact) mass is 1150 g/mol. The molecule has 4 saturated heterocycles. The van der Waals surface area contributed by atoms with E-state index < -0.39 is 75.2 Å². The van der Waals surface area contributed by atoms with Crippen molar-refractivity contribution in [1.82, 2.24) is 45.3 Å². The molecule has 4 N–H and O–H groups in total. The molecule has 430 valence electrons. The minimum atomic E-state index is -3.49. The van der Waals surface area contributed by atoms with Gasteiger partial charge in [0, 0.05) is 106 Å². The van der Waals surface area contributed by atoms with Crippen molar-refractivity contribution in [2.45, 2.75) is 84.3 Å². The Kier molecular flexibility index (Phi) is 17.3. The summed E-state index contributed by atoms with van der Waals surface area (Å²) in [5.41, 5.74) is 5.31. The number of hydrogen-bond acceptors (Lipinski definition) is 14.